The summed E-state index contributed by atoms with van der Waals surface area (Å²) in [5.41, 5.74) is -6.84. The van der Waals surface area contributed by atoms with Crippen LogP contribution in [0, 0.1) is 0 Å². The maximum absolute atomic E-state index is 12.9. The van der Waals surface area contributed by atoms with E-state index in [1.54, 1.807) is 0 Å². The van der Waals surface area contributed by atoms with Crippen LogP contribution in [0.5, 0.6) is 0 Å². The lowest BCUT2D eigenvalue weighted by atomic mass is 9.86. The van der Waals surface area contributed by atoms with Crippen LogP contribution in [-0.4, -0.2) is 17.6 Å². The largest absolute Gasteiger partial charge is 0.479 e. The Morgan fingerprint density at radius 3 is 2.10 bits per heavy atom. The number of hydrogen-bond acceptors (Lipinski definition) is 2. The molecule has 0 aliphatic carbocycles. The lowest BCUT2D eigenvalue weighted by molar-refractivity contribution is -0.161. The topological polar surface area (TPSA) is 46.5 Å². The standard InChI is InChI=1S/C17H18O3/c1-2-13-20-17(16(18)19,14-9-5-3-6-10-14)15-11-7-4-8-12-15/h3-12H,2,13H2,1H3,(H,18,19)/i1D3,2D2,3D,4D,5D,6D,7D,8D,9D,10D,11D,12D,13D2. The van der Waals surface area contributed by atoms with Crippen LogP contribution >= 0.6 is 0 Å². The molecular weight excluding hydrogens is 252 g/mol. The van der Waals surface area contributed by atoms with Crippen LogP contribution in [0.25, 0.3) is 0 Å². The first kappa shape index (κ1) is 3.95. The van der Waals surface area contributed by atoms with E-state index in [9.17, 15) is 9.90 Å². The molecule has 0 aliphatic heterocycles. The van der Waals surface area contributed by atoms with Crippen LogP contribution in [-0.2, 0) is 15.1 Å². The first-order valence-electron chi connectivity index (χ1n) is 13.6. The molecule has 1 N–H and O–H groups in total. The molecule has 104 valence electrons. The van der Waals surface area contributed by atoms with Gasteiger partial charge in [0.25, 0.3) is 0 Å². The van der Waals surface area contributed by atoms with Crippen molar-refractivity contribution in [2.75, 3.05) is 6.56 Å². The zero-order chi connectivity index (χ0) is 29.2. The molecule has 0 unspecified atom stereocenters. The average molecular weight is 287 g/mol. The Morgan fingerprint density at radius 1 is 1.20 bits per heavy atom. The van der Waals surface area contributed by atoms with Gasteiger partial charge in [-0.05, 0) is 17.5 Å². The summed E-state index contributed by atoms with van der Waals surface area (Å²) < 4.78 is 139. The zero-order valence-electron chi connectivity index (χ0n) is 26.8. The number of aliphatic carboxylic acids is 1. The van der Waals surface area contributed by atoms with Crippen LogP contribution in [0.2, 0.25) is 0 Å². The van der Waals surface area contributed by atoms with Crippen LogP contribution in [0.3, 0.4) is 0 Å². The fraction of sp³-hybridized carbons (Fsp3) is 0.235. The van der Waals surface area contributed by atoms with Gasteiger partial charge in [-0.1, -0.05) is 67.3 Å². The highest BCUT2D eigenvalue weighted by atomic mass is 16.5. The molecule has 3 heteroatoms. The van der Waals surface area contributed by atoms with Crippen molar-refractivity contribution < 1.29 is 37.9 Å². The van der Waals surface area contributed by atoms with Gasteiger partial charge >= 0.3 is 5.97 Å². The van der Waals surface area contributed by atoms with Crippen molar-refractivity contribution in [2.45, 2.75) is 18.8 Å². The third-order valence-electron chi connectivity index (χ3n) is 2.26. The Morgan fingerprint density at radius 2 is 1.70 bits per heavy atom. The van der Waals surface area contributed by atoms with Gasteiger partial charge in [-0.3, -0.25) is 0 Å². The van der Waals surface area contributed by atoms with Crippen molar-refractivity contribution in [3.05, 3.63) is 71.6 Å². The molecule has 2 aromatic carbocycles. The van der Waals surface area contributed by atoms with Crippen molar-refractivity contribution in [2.24, 2.45) is 0 Å². The number of carbonyl (C=O) groups is 1. The van der Waals surface area contributed by atoms with Crippen LogP contribution < -0.4 is 0 Å². The number of ether oxygens (including phenoxy) is 1. The molecule has 0 saturated carbocycles. The minimum Gasteiger partial charge on any atom is -0.479 e. The molecule has 0 saturated heterocycles. The first-order chi connectivity index (χ1) is 16.5. The zero-order valence-corrected chi connectivity index (χ0v) is 9.76. The van der Waals surface area contributed by atoms with Crippen LogP contribution in [0.4, 0.5) is 0 Å². The minimum atomic E-state index is -4.19. The third-order valence-corrected chi connectivity index (χ3v) is 2.26. The van der Waals surface area contributed by atoms with Crippen molar-refractivity contribution in [1.82, 2.24) is 0 Å². The van der Waals surface area contributed by atoms with Gasteiger partial charge in [0.1, 0.15) is 0 Å². The van der Waals surface area contributed by atoms with E-state index in [1.807, 2.05) is 0 Å². The molecule has 3 nitrogen and oxygen atoms in total. The summed E-state index contributed by atoms with van der Waals surface area (Å²) in [6.45, 7) is -8.01. The van der Waals surface area contributed by atoms with Crippen molar-refractivity contribution in [3.8, 4) is 0 Å². The second-order valence-electron chi connectivity index (χ2n) is 3.32. The fourth-order valence-corrected chi connectivity index (χ4v) is 1.44. The van der Waals surface area contributed by atoms with Gasteiger partial charge in [0.15, 0.2) is 0 Å². The number of hydrogen-bond donors (Lipinski definition) is 1. The normalized spacial score (nSPS) is 25.5. The molecule has 2 rings (SSSR count). The van der Waals surface area contributed by atoms with Gasteiger partial charge < -0.3 is 9.84 Å². The molecule has 0 fully saturated rings. The van der Waals surface area contributed by atoms with Gasteiger partial charge in [0, 0.05) is 13.4 Å². The molecule has 0 aliphatic rings. The molecule has 0 amide bonds. The summed E-state index contributed by atoms with van der Waals surface area (Å²) in [7, 11) is 0. The van der Waals surface area contributed by atoms with Crippen molar-refractivity contribution in [1.29, 1.82) is 0 Å². The van der Waals surface area contributed by atoms with E-state index in [0.717, 1.165) is 0 Å². The van der Waals surface area contributed by atoms with Crippen LogP contribution in [0.15, 0.2) is 60.4 Å². The van der Waals surface area contributed by atoms with Crippen molar-refractivity contribution >= 4 is 5.97 Å². The summed E-state index contributed by atoms with van der Waals surface area (Å²) >= 11 is 0. The summed E-state index contributed by atoms with van der Waals surface area (Å²) in [6, 6.07) is -12.2. The molecule has 0 atom stereocenters. The van der Waals surface area contributed by atoms with Gasteiger partial charge in [-0.15, -0.1) is 0 Å². The summed E-state index contributed by atoms with van der Waals surface area (Å²) in [5.74, 6) is -2.49. The number of carboxylic acid groups (broad SMARTS) is 1. The van der Waals surface area contributed by atoms with Gasteiger partial charge in [-0.25, -0.2) is 4.79 Å². The molecule has 20 heavy (non-hydrogen) atoms. The molecule has 0 spiro atoms. The first-order valence-corrected chi connectivity index (χ1v) is 5.09. The monoisotopic (exact) mass is 287 g/mol. The van der Waals surface area contributed by atoms with E-state index in [0.29, 0.717) is 0 Å². The van der Waals surface area contributed by atoms with Gasteiger partial charge in [0.2, 0.25) is 5.60 Å². The van der Waals surface area contributed by atoms with E-state index in [4.69, 9.17) is 28.0 Å². The number of benzene rings is 2. The van der Waals surface area contributed by atoms with E-state index < -0.39 is 103 Å². The Labute approximate surface area is 142 Å². The van der Waals surface area contributed by atoms with Gasteiger partial charge in [0.05, 0.1) is 16.4 Å². The quantitative estimate of drug-likeness (QED) is 0.885. The highest BCUT2D eigenvalue weighted by Crippen LogP contribution is 2.34. The molecule has 0 aromatic heterocycles. The maximum Gasteiger partial charge on any atom is 0.345 e. The molecule has 2 aromatic rings. The highest BCUT2D eigenvalue weighted by Gasteiger charge is 2.43. The second-order valence-corrected chi connectivity index (χ2v) is 3.32. The second kappa shape index (κ2) is 6.35. The smallest absolute Gasteiger partial charge is 0.345 e. The van der Waals surface area contributed by atoms with Crippen LogP contribution in [0.1, 0.15) is 47.7 Å². The number of carboxylic acids is 1. The third kappa shape index (κ3) is 2.58. The number of rotatable bonds is 6. The van der Waals surface area contributed by atoms with Gasteiger partial charge in [-0.2, -0.15) is 0 Å². The fourth-order valence-electron chi connectivity index (χ4n) is 1.44. The Bertz CT molecular complexity index is 1160. The maximum atomic E-state index is 12.9. The SMILES string of the molecule is [2H]c1c([2H])c([2H])c(C(OC([2H])([2H])C([2H])([2H])C([2H])([2H])[2H])(C(=O)O)c2c([2H])c([2H])c([2H])c([2H])c2[2H])c([2H])c1[2H]. The summed E-state index contributed by atoms with van der Waals surface area (Å²) in [6.07, 6.45) is -4.03. The van der Waals surface area contributed by atoms with Crippen molar-refractivity contribution in [3.63, 3.8) is 0 Å². The predicted molar refractivity (Wildman–Crippen MR) is 77.5 cm³/mol. The van der Waals surface area contributed by atoms with E-state index in [1.165, 1.54) is 0 Å². The molecule has 0 heterocycles. The lowest BCUT2D eigenvalue weighted by Gasteiger charge is -2.30. The molecular formula is C17H18O3. The summed E-state index contributed by atoms with van der Waals surface area (Å²) in [4.78, 5) is 12.9. The van der Waals surface area contributed by atoms with E-state index >= 15 is 0 Å². The minimum absolute atomic E-state index is 1.04. The Balaban J connectivity index is 3.31. The average Bonchev–Trinajstić information content (AvgIpc) is 2.77. The van der Waals surface area contributed by atoms with E-state index in [2.05, 4.69) is 0 Å². The summed E-state index contributed by atoms with van der Waals surface area (Å²) in [5, 5.41) is 10.3. The molecule has 0 radical (unpaired) electrons. The van der Waals surface area contributed by atoms with E-state index in [-0.39, 0.29) is 0 Å². The highest BCUT2D eigenvalue weighted by molar-refractivity contribution is 5.84. The predicted octanol–water partition coefficient (Wildman–Crippen LogP) is 3.44. The lowest BCUT2D eigenvalue weighted by Crippen LogP contribution is -2.40. The Kier molecular flexibility index (Phi) is 1.25. The Hall–Kier alpha value is -2.13. The molecule has 0 bridgehead atoms.